The second-order valence-electron chi connectivity index (χ2n) is 4.23. The van der Waals surface area contributed by atoms with Crippen molar-refractivity contribution in [1.29, 1.82) is 0 Å². The average molecular weight is 248 g/mol. The summed E-state index contributed by atoms with van der Waals surface area (Å²) in [6, 6.07) is 1.99. The van der Waals surface area contributed by atoms with Crippen LogP contribution in [-0.4, -0.2) is 15.3 Å². The summed E-state index contributed by atoms with van der Waals surface area (Å²) in [5.74, 6) is 1.18. The Kier molecular flexibility index (Phi) is 3.43. The number of hydrogen-bond acceptors (Lipinski definition) is 3. The van der Waals surface area contributed by atoms with Crippen molar-refractivity contribution < 1.29 is 4.79 Å². The van der Waals surface area contributed by atoms with Gasteiger partial charge in [0.2, 0.25) is 0 Å². The number of rotatable bonds is 4. The molecule has 0 radical (unpaired) electrons. The first-order valence-electron chi connectivity index (χ1n) is 5.64. The molecule has 90 valence electrons. The number of carbonyl (C=O) groups is 1. The van der Waals surface area contributed by atoms with Gasteiger partial charge in [-0.1, -0.05) is 0 Å². The molecule has 0 bridgehead atoms. The maximum absolute atomic E-state index is 12.0. The first kappa shape index (κ1) is 12.0. The summed E-state index contributed by atoms with van der Waals surface area (Å²) in [7, 11) is 1.95. The van der Waals surface area contributed by atoms with E-state index in [0.29, 0.717) is 12.8 Å². The first-order chi connectivity index (χ1) is 8.08. The summed E-state index contributed by atoms with van der Waals surface area (Å²) in [6.45, 7) is 4.09. The summed E-state index contributed by atoms with van der Waals surface area (Å²) < 4.78 is 1.96. The minimum atomic E-state index is 0.217. The van der Waals surface area contributed by atoms with Gasteiger partial charge in [0.15, 0.2) is 5.78 Å². The topological polar surface area (TPSA) is 34.9 Å². The number of nitrogens with zero attached hydrogens (tertiary/aromatic N) is 2. The molecule has 0 amide bonds. The lowest BCUT2D eigenvalue weighted by Crippen LogP contribution is -2.03. The zero-order chi connectivity index (χ0) is 12.4. The van der Waals surface area contributed by atoms with Crippen molar-refractivity contribution in [3.63, 3.8) is 0 Å². The summed E-state index contributed by atoms with van der Waals surface area (Å²) in [4.78, 5) is 18.3. The lowest BCUT2D eigenvalue weighted by Gasteiger charge is -2.00. The van der Waals surface area contributed by atoms with Gasteiger partial charge in [-0.25, -0.2) is 4.98 Å². The molecule has 3 nitrogen and oxygen atoms in total. The highest BCUT2D eigenvalue weighted by Gasteiger charge is 2.11. The molecule has 0 unspecified atom stereocenters. The summed E-state index contributed by atoms with van der Waals surface area (Å²) >= 11 is 1.59. The lowest BCUT2D eigenvalue weighted by atomic mass is 10.1. The molecule has 0 spiro atoms. The van der Waals surface area contributed by atoms with Gasteiger partial charge < -0.3 is 4.57 Å². The molecule has 2 aromatic rings. The van der Waals surface area contributed by atoms with Crippen LogP contribution in [0.5, 0.6) is 0 Å². The largest absolute Gasteiger partial charge is 0.338 e. The third kappa shape index (κ3) is 2.64. The van der Waals surface area contributed by atoms with E-state index < -0.39 is 0 Å². The van der Waals surface area contributed by atoms with E-state index in [1.54, 1.807) is 17.5 Å². The maximum Gasteiger partial charge on any atom is 0.173 e. The minimum absolute atomic E-state index is 0.217. The van der Waals surface area contributed by atoms with Crippen LogP contribution in [0.4, 0.5) is 0 Å². The Morgan fingerprint density at radius 1 is 1.47 bits per heavy atom. The average Bonchev–Trinajstić information content (AvgIpc) is 2.83. The highest BCUT2D eigenvalue weighted by molar-refractivity contribution is 7.14. The monoisotopic (exact) mass is 248 g/mol. The molecule has 2 aromatic heterocycles. The number of thiophene rings is 1. The molecule has 0 aliphatic heterocycles. The van der Waals surface area contributed by atoms with Gasteiger partial charge in [-0.15, -0.1) is 11.3 Å². The molecule has 17 heavy (non-hydrogen) atoms. The van der Waals surface area contributed by atoms with Gasteiger partial charge in [0.05, 0.1) is 4.88 Å². The van der Waals surface area contributed by atoms with Crippen LogP contribution >= 0.6 is 11.3 Å². The van der Waals surface area contributed by atoms with E-state index in [9.17, 15) is 4.79 Å². The lowest BCUT2D eigenvalue weighted by molar-refractivity contribution is 0.0986. The van der Waals surface area contributed by atoms with Crippen molar-refractivity contribution in [2.24, 2.45) is 7.05 Å². The van der Waals surface area contributed by atoms with Crippen LogP contribution in [0, 0.1) is 13.8 Å². The molecule has 0 aliphatic carbocycles. The molecule has 4 heteroatoms. The Morgan fingerprint density at radius 2 is 2.24 bits per heavy atom. The van der Waals surface area contributed by atoms with Crippen molar-refractivity contribution in [3.8, 4) is 0 Å². The SMILES string of the molecule is Cc1cc(C(=O)CCc2nccn2C)sc1C. The Hall–Kier alpha value is -1.42. The van der Waals surface area contributed by atoms with E-state index in [4.69, 9.17) is 0 Å². The van der Waals surface area contributed by atoms with E-state index in [2.05, 4.69) is 11.9 Å². The van der Waals surface area contributed by atoms with Crippen molar-refractivity contribution in [2.75, 3.05) is 0 Å². The Labute approximate surface area is 105 Å². The third-order valence-electron chi connectivity index (χ3n) is 2.94. The van der Waals surface area contributed by atoms with E-state index in [-0.39, 0.29) is 5.78 Å². The van der Waals surface area contributed by atoms with Gasteiger partial charge in [0.25, 0.3) is 0 Å². The fourth-order valence-electron chi connectivity index (χ4n) is 1.70. The summed E-state index contributed by atoms with van der Waals surface area (Å²) in [5.41, 5.74) is 1.20. The maximum atomic E-state index is 12.0. The fraction of sp³-hybridized carbons (Fsp3) is 0.385. The molecule has 2 heterocycles. The summed E-state index contributed by atoms with van der Waals surface area (Å²) in [6.07, 6.45) is 4.90. The smallest absolute Gasteiger partial charge is 0.173 e. The van der Waals surface area contributed by atoms with Crippen molar-refractivity contribution in [2.45, 2.75) is 26.7 Å². The molecular weight excluding hydrogens is 232 g/mol. The van der Waals surface area contributed by atoms with Crippen LogP contribution in [0.2, 0.25) is 0 Å². The Morgan fingerprint density at radius 3 is 2.76 bits per heavy atom. The minimum Gasteiger partial charge on any atom is -0.338 e. The van der Waals surface area contributed by atoms with Crippen LogP contribution in [-0.2, 0) is 13.5 Å². The predicted molar refractivity (Wildman–Crippen MR) is 69.7 cm³/mol. The van der Waals surface area contributed by atoms with Crippen molar-refractivity contribution >= 4 is 17.1 Å². The highest BCUT2D eigenvalue weighted by atomic mass is 32.1. The number of aryl methyl sites for hydroxylation is 4. The molecule has 0 saturated carbocycles. The molecular formula is C13H16N2OS. The van der Waals surface area contributed by atoms with Gasteiger partial charge >= 0.3 is 0 Å². The molecule has 0 aliphatic rings. The molecule has 0 N–H and O–H groups in total. The quantitative estimate of drug-likeness (QED) is 0.780. The number of imidazole rings is 1. The normalized spacial score (nSPS) is 10.8. The highest BCUT2D eigenvalue weighted by Crippen LogP contribution is 2.22. The molecule has 0 aromatic carbocycles. The van der Waals surface area contributed by atoms with Crippen LogP contribution in [0.3, 0.4) is 0 Å². The zero-order valence-corrected chi connectivity index (χ0v) is 11.2. The predicted octanol–water partition coefficient (Wildman–Crippen LogP) is 2.91. The first-order valence-corrected chi connectivity index (χ1v) is 6.46. The van der Waals surface area contributed by atoms with Crippen LogP contribution in [0.25, 0.3) is 0 Å². The van der Waals surface area contributed by atoms with Crippen LogP contribution < -0.4 is 0 Å². The van der Waals surface area contributed by atoms with E-state index in [0.717, 1.165) is 10.7 Å². The van der Waals surface area contributed by atoms with E-state index in [1.165, 1.54) is 10.4 Å². The van der Waals surface area contributed by atoms with Gasteiger partial charge in [-0.05, 0) is 25.5 Å². The van der Waals surface area contributed by atoms with Gasteiger partial charge in [-0.2, -0.15) is 0 Å². The molecule has 0 saturated heterocycles. The van der Waals surface area contributed by atoms with Gasteiger partial charge in [0.1, 0.15) is 5.82 Å². The number of ketones is 1. The Balaban J connectivity index is 2.00. The number of carbonyl (C=O) groups excluding carboxylic acids is 1. The number of Topliss-reactive ketones (excluding diaryl/α,β-unsaturated/α-hetero) is 1. The number of hydrogen-bond donors (Lipinski definition) is 0. The number of aromatic nitrogens is 2. The van der Waals surface area contributed by atoms with Gasteiger partial charge in [-0.3, -0.25) is 4.79 Å². The van der Waals surface area contributed by atoms with Crippen LogP contribution in [0.1, 0.15) is 32.4 Å². The molecule has 0 fully saturated rings. The zero-order valence-electron chi connectivity index (χ0n) is 10.4. The molecule has 0 atom stereocenters. The fourth-order valence-corrected chi connectivity index (χ4v) is 2.70. The van der Waals surface area contributed by atoms with Crippen LogP contribution in [0.15, 0.2) is 18.5 Å². The second kappa shape index (κ2) is 4.84. The van der Waals surface area contributed by atoms with Gasteiger partial charge in [0, 0.05) is 37.2 Å². The van der Waals surface area contributed by atoms with Crippen molar-refractivity contribution in [1.82, 2.24) is 9.55 Å². The second-order valence-corrected chi connectivity index (χ2v) is 5.48. The molecule has 2 rings (SSSR count). The third-order valence-corrected chi connectivity index (χ3v) is 4.13. The Bertz CT molecular complexity index is 520. The summed E-state index contributed by atoms with van der Waals surface area (Å²) in [5, 5.41) is 0. The standard InChI is InChI=1S/C13H16N2OS/c1-9-8-12(17-10(9)2)11(16)4-5-13-14-6-7-15(13)3/h6-8H,4-5H2,1-3H3. The van der Waals surface area contributed by atoms with E-state index in [1.807, 2.05) is 30.8 Å². The van der Waals surface area contributed by atoms with Crippen molar-refractivity contribution in [3.05, 3.63) is 39.6 Å². The van der Waals surface area contributed by atoms with E-state index >= 15 is 0 Å².